The van der Waals surface area contributed by atoms with E-state index in [1.54, 1.807) is 0 Å². The number of piperazine rings is 1. The van der Waals surface area contributed by atoms with Crippen LogP contribution < -0.4 is 4.90 Å². The van der Waals surface area contributed by atoms with Gasteiger partial charge in [-0.15, -0.1) is 0 Å². The Hall–Kier alpha value is -1.55. The summed E-state index contributed by atoms with van der Waals surface area (Å²) in [7, 11) is 0. The second kappa shape index (κ2) is 4.77. The fourth-order valence-corrected chi connectivity index (χ4v) is 3.65. The van der Waals surface area contributed by atoms with E-state index in [1.807, 2.05) is 19.2 Å². The summed E-state index contributed by atoms with van der Waals surface area (Å²) in [6.45, 7) is 6.58. The summed E-state index contributed by atoms with van der Waals surface area (Å²) in [5.41, 5.74) is 0.953. The summed E-state index contributed by atoms with van der Waals surface area (Å²) in [6, 6.07) is 4.83. The molecule has 0 spiro atoms. The zero-order valence-electron chi connectivity index (χ0n) is 12.0. The number of fused-ring (bicyclic) bond motifs is 2. The third-order valence-corrected chi connectivity index (χ3v) is 4.67. The van der Waals surface area contributed by atoms with E-state index >= 15 is 0 Å². The van der Waals surface area contributed by atoms with E-state index in [1.165, 1.54) is 31.2 Å². The summed E-state index contributed by atoms with van der Waals surface area (Å²) in [6.07, 6.45) is 5.96. The lowest BCUT2D eigenvalue weighted by Crippen LogP contribution is -2.55. The summed E-state index contributed by atoms with van der Waals surface area (Å²) < 4.78 is 5.87. The third kappa shape index (κ3) is 1.99. The zero-order valence-corrected chi connectivity index (χ0v) is 12.0. The maximum atomic E-state index is 5.87. The van der Waals surface area contributed by atoms with Crippen LogP contribution in [0.5, 0.6) is 0 Å². The van der Waals surface area contributed by atoms with E-state index < -0.39 is 0 Å². The minimum Gasteiger partial charge on any atom is -0.457 e. The van der Waals surface area contributed by atoms with Crippen LogP contribution in [0, 0.1) is 6.92 Å². The first kappa shape index (κ1) is 12.2. The van der Waals surface area contributed by atoms with Crippen LogP contribution in [0.4, 0.5) is 5.82 Å². The predicted octanol–water partition coefficient (Wildman–Crippen LogP) is 2.81. The van der Waals surface area contributed by atoms with Crippen molar-refractivity contribution < 1.29 is 4.42 Å². The van der Waals surface area contributed by atoms with Crippen molar-refractivity contribution in [1.29, 1.82) is 0 Å². The van der Waals surface area contributed by atoms with Gasteiger partial charge in [-0.05, 0) is 38.4 Å². The average molecular weight is 271 g/mol. The predicted molar refractivity (Wildman–Crippen MR) is 80.2 cm³/mol. The minimum atomic E-state index is 0.700. The van der Waals surface area contributed by atoms with Crippen LogP contribution in [0.25, 0.3) is 11.0 Å². The standard InChI is InChI=1S/C16H21N3O/c1-12-10-13-5-6-17-16(15(13)20-12)19-9-8-18-7-3-2-4-14(18)11-19/h5-6,10,14H,2-4,7-9,11H2,1H3/t14-/m1/s1. The number of furan rings is 1. The molecular weight excluding hydrogens is 250 g/mol. The Morgan fingerprint density at radius 1 is 1.25 bits per heavy atom. The van der Waals surface area contributed by atoms with Gasteiger partial charge in [0.15, 0.2) is 11.4 Å². The average Bonchev–Trinajstić information content (AvgIpc) is 2.86. The molecule has 0 aliphatic carbocycles. The molecule has 4 nitrogen and oxygen atoms in total. The molecular formula is C16H21N3O. The zero-order chi connectivity index (χ0) is 13.5. The molecule has 1 atom stereocenters. The van der Waals surface area contributed by atoms with Gasteiger partial charge < -0.3 is 9.32 Å². The molecule has 0 bridgehead atoms. The van der Waals surface area contributed by atoms with E-state index in [0.717, 1.165) is 36.8 Å². The van der Waals surface area contributed by atoms with Crippen LogP contribution in [0.15, 0.2) is 22.7 Å². The van der Waals surface area contributed by atoms with Crippen LogP contribution in [-0.2, 0) is 0 Å². The fourth-order valence-electron chi connectivity index (χ4n) is 3.65. The van der Waals surface area contributed by atoms with Gasteiger partial charge in [0.2, 0.25) is 0 Å². The number of piperidine rings is 1. The smallest absolute Gasteiger partial charge is 0.176 e. The molecule has 106 valence electrons. The van der Waals surface area contributed by atoms with Crippen molar-refractivity contribution in [2.24, 2.45) is 0 Å². The van der Waals surface area contributed by atoms with Crippen LogP contribution in [0.3, 0.4) is 0 Å². The van der Waals surface area contributed by atoms with Crippen molar-refractivity contribution in [3.05, 3.63) is 24.1 Å². The summed E-state index contributed by atoms with van der Waals surface area (Å²) in [5.74, 6) is 1.99. The number of aryl methyl sites for hydroxylation is 1. The summed E-state index contributed by atoms with van der Waals surface area (Å²) in [5, 5.41) is 1.17. The molecule has 0 N–H and O–H groups in total. The van der Waals surface area contributed by atoms with Crippen LogP contribution in [0.1, 0.15) is 25.0 Å². The number of pyridine rings is 1. The summed E-state index contributed by atoms with van der Waals surface area (Å²) in [4.78, 5) is 9.66. The maximum Gasteiger partial charge on any atom is 0.176 e. The lowest BCUT2D eigenvalue weighted by molar-refractivity contribution is 0.133. The molecule has 4 heteroatoms. The Kier molecular flexibility index (Phi) is 2.91. The first-order valence-corrected chi connectivity index (χ1v) is 7.65. The van der Waals surface area contributed by atoms with Gasteiger partial charge >= 0.3 is 0 Å². The van der Waals surface area contributed by atoms with E-state index in [-0.39, 0.29) is 0 Å². The largest absolute Gasteiger partial charge is 0.457 e. The number of hydrogen-bond acceptors (Lipinski definition) is 4. The molecule has 0 saturated carbocycles. The number of nitrogens with zero attached hydrogens (tertiary/aromatic N) is 3. The molecule has 4 heterocycles. The van der Waals surface area contributed by atoms with Crippen molar-refractivity contribution in [1.82, 2.24) is 9.88 Å². The molecule has 0 aromatic carbocycles. The Labute approximate surface area is 119 Å². The van der Waals surface area contributed by atoms with Crippen molar-refractivity contribution >= 4 is 16.8 Å². The topological polar surface area (TPSA) is 32.5 Å². The molecule has 0 amide bonds. The van der Waals surface area contributed by atoms with Gasteiger partial charge in [0.25, 0.3) is 0 Å². The number of hydrogen-bond donors (Lipinski definition) is 0. The Morgan fingerprint density at radius 3 is 3.15 bits per heavy atom. The highest BCUT2D eigenvalue weighted by atomic mass is 16.3. The van der Waals surface area contributed by atoms with Gasteiger partial charge in [0, 0.05) is 37.3 Å². The molecule has 2 aliphatic heterocycles. The second-order valence-corrected chi connectivity index (χ2v) is 6.04. The molecule has 2 saturated heterocycles. The van der Waals surface area contributed by atoms with E-state index in [0.29, 0.717) is 6.04 Å². The molecule has 20 heavy (non-hydrogen) atoms. The fraction of sp³-hybridized carbons (Fsp3) is 0.562. The highest BCUT2D eigenvalue weighted by Crippen LogP contribution is 2.30. The number of rotatable bonds is 1. The molecule has 2 fully saturated rings. The van der Waals surface area contributed by atoms with Gasteiger partial charge in [-0.2, -0.15) is 0 Å². The van der Waals surface area contributed by atoms with Crippen LogP contribution >= 0.6 is 0 Å². The van der Waals surface area contributed by atoms with E-state index in [9.17, 15) is 0 Å². The van der Waals surface area contributed by atoms with Crippen LogP contribution in [0.2, 0.25) is 0 Å². The number of aromatic nitrogens is 1. The maximum absolute atomic E-state index is 5.87. The van der Waals surface area contributed by atoms with Crippen molar-refractivity contribution in [3.8, 4) is 0 Å². The first-order valence-electron chi connectivity index (χ1n) is 7.65. The molecule has 4 rings (SSSR count). The van der Waals surface area contributed by atoms with E-state index in [2.05, 4.69) is 20.9 Å². The highest BCUT2D eigenvalue weighted by molar-refractivity contribution is 5.87. The van der Waals surface area contributed by atoms with Crippen LogP contribution in [-0.4, -0.2) is 42.1 Å². The second-order valence-electron chi connectivity index (χ2n) is 6.04. The lowest BCUT2D eigenvalue weighted by Gasteiger charge is -2.44. The normalized spacial score (nSPS) is 24.1. The van der Waals surface area contributed by atoms with Gasteiger partial charge in [-0.3, -0.25) is 4.90 Å². The number of anilines is 1. The molecule has 0 radical (unpaired) electrons. The SMILES string of the molecule is Cc1cc2ccnc(N3CCN4CCCC[C@@H]4C3)c2o1. The Balaban J connectivity index is 1.66. The Bertz CT molecular complexity index is 621. The van der Waals surface area contributed by atoms with Crippen molar-refractivity contribution in [2.75, 3.05) is 31.1 Å². The van der Waals surface area contributed by atoms with Gasteiger partial charge in [0.1, 0.15) is 5.76 Å². The van der Waals surface area contributed by atoms with Gasteiger partial charge in [-0.1, -0.05) is 6.42 Å². The Morgan fingerprint density at radius 2 is 2.20 bits per heavy atom. The molecule has 2 aromatic rings. The van der Waals surface area contributed by atoms with Crippen molar-refractivity contribution in [2.45, 2.75) is 32.2 Å². The summed E-state index contributed by atoms with van der Waals surface area (Å²) >= 11 is 0. The highest BCUT2D eigenvalue weighted by Gasteiger charge is 2.30. The lowest BCUT2D eigenvalue weighted by atomic mass is 9.99. The minimum absolute atomic E-state index is 0.700. The monoisotopic (exact) mass is 271 g/mol. The van der Waals surface area contributed by atoms with Crippen molar-refractivity contribution in [3.63, 3.8) is 0 Å². The molecule has 0 unspecified atom stereocenters. The quantitative estimate of drug-likeness (QED) is 0.798. The molecule has 2 aromatic heterocycles. The van der Waals surface area contributed by atoms with Gasteiger partial charge in [0.05, 0.1) is 0 Å². The first-order chi connectivity index (χ1) is 9.81. The van der Waals surface area contributed by atoms with Gasteiger partial charge in [-0.25, -0.2) is 4.98 Å². The van der Waals surface area contributed by atoms with E-state index in [4.69, 9.17) is 4.42 Å². The molecule has 2 aliphatic rings. The third-order valence-electron chi connectivity index (χ3n) is 4.67.